The molecule has 0 bridgehead atoms. The molecule has 0 aliphatic heterocycles. The average Bonchev–Trinajstić information content (AvgIpc) is 2.57. The van der Waals surface area contributed by atoms with Crippen LogP contribution in [0.25, 0.3) is 22.0 Å². The maximum atomic E-state index is 13.6. The number of nitrogen functional groups attached to an aromatic ring is 1. The number of pyridine rings is 2. The summed E-state index contributed by atoms with van der Waals surface area (Å²) in [5.41, 5.74) is 8.30. The smallest absolute Gasteiger partial charge is 0.258 e. The van der Waals surface area contributed by atoms with E-state index in [-0.39, 0.29) is 11.2 Å². The molecule has 4 nitrogen and oxygen atoms in total. The monoisotopic (exact) mass is 343 g/mol. The largest absolute Gasteiger partial charge is 0.396 e. The van der Waals surface area contributed by atoms with Crippen LogP contribution in [0.4, 0.5) is 10.1 Å². The van der Waals surface area contributed by atoms with Crippen LogP contribution in [0.1, 0.15) is 12.5 Å². The van der Waals surface area contributed by atoms with Crippen molar-refractivity contribution in [3.8, 4) is 11.1 Å². The first-order valence-electron chi connectivity index (χ1n) is 7.59. The van der Waals surface area contributed by atoms with Gasteiger partial charge >= 0.3 is 0 Å². The summed E-state index contributed by atoms with van der Waals surface area (Å²) in [6.45, 7) is 4.24. The van der Waals surface area contributed by atoms with Gasteiger partial charge in [-0.15, -0.1) is 11.8 Å². The fourth-order valence-corrected chi connectivity index (χ4v) is 3.24. The Morgan fingerprint density at radius 3 is 2.67 bits per heavy atom. The summed E-state index contributed by atoms with van der Waals surface area (Å²) in [7, 11) is 0. The van der Waals surface area contributed by atoms with E-state index < -0.39 is 5.82 Å². The Bertz CT molecular complexity index is 998. The minimum Gasteiger partial charge on any atom is -0.396 e. The Kier molecular flexibility index (Phi) is 4.32. The van der Waals surface area contributed by atoms with Crippen LogP contribution in [0.3, 0.4) is 0 Å². The number of anilines is 1. The Balaban J connectivity index is 2.36. The predicted octanol–water partition coefficient (Wildman–Crippen LogP) is 3.84. The lowest BCUT2D eigenvalue weighted by Crippen LogP contribution is -2.21. The zero-order chi connectivity index (χ0) is 17.4. The maximum absolute atomic E-state index is 13.6. The summed E-state index contributed by atoms with van der Waals surface area (Å²) in [4.78, 5) is 17.3. The molecule has 0 saturated carbocycles. The van der Waals surface area contributed by atoms with Gasteiger partial charge in [0.05, 0.1) is 16.2 Å². The fraction of sp³-hybridized carbons (Fsp3) is 0.222. The van der Waals surface area contributed by atoms with Crippen molar-refractivity contribution in [3.05, 3.63) is 52.2 Å². The molecule has 3 rings (SSSR count). The minimum atomic E-state index is -0.473. The summed E-state index contributed by atoms with van der Waals surface area (Å²) in [5.74, 6) is -0.473. The van der Waals surface area contributed by atoms with E-state index in [9.17, 15) is 9.18 Å². The van der Waals surface area contributed by atoms with Gasteiger partial charge in [0.2, 0.25) is 0 Å². The van der Waals surface area contributed by atoms with E-state index in [2.05, 4.69) is 4.98 Å². The Morgan fingerprint density at radius 1 is 1.25 bits per heavy atom. The van der Waals surface area contributed by atoms with Crippen molar-refractivity contribution < 1.29 is 4.39 Å². The van der Waals surface area contributed by atoms with E-state index in [1.54, 1.807) is 23.8 Å². The van der Waals surface area contributed by atoms with E-state index in [4.69, 9.17) is 5.73 Å². The molecule has 0 atom stereocenters. The lowest BCUT2D eigenvalue weighted by atomic mass is 9.99. The molecule has 2 heterocycles. The van der Waals surface area contributed by atoms with Gasteiger partial charge in [0, 0.05) is 23.7 Å². The predicted molar refractivity (Wildman–Crippen MR) is 98.0 cm³/mol. The topological polar surface area (TPSA) is 60.9 Å². The zero-order valence-corrected chi connectivity index (χ0v) is 14.6. The van der Waals surface area contributed by atoms with E-state index >= 15 is 0 Å². The van der Waals surface area contributed by atoms with Crippen LogP contribution in [-0.4, -0.2) is 15.8 Å². The molecule has 24 heavy (non-hydrogen) atoms. The number of nitrogens with two attached hydrogens (primary N) is 1. The van der Waals surface area contributed by atoms with Gasteiger partial charge in [-0.2, -0.15) is 0 Å². The van der Waals surface area contributed by atoms with Crippen LogP contribution in [0.15, 0.2) is 40.3 Å². The fourth-order valence-electron chi connectivity index (χ4n) is 2.85. The molecule has 0 radical (unpaired) electrons. The summed E-state index contributed by atoms with van der Waals surface area (Å²) in [6, 6.07) is 6.61. The number of hydrogen-bond acceptors (Lipinski definition) is 4. The second-order valence-corrected chi connectivity index (χ2v) is 6.41. The van der Waals surface area contributed by atoms with Gasteiger partial charge in [-0.1, -0.05) is 0 Å². The summed E-state index contributed by atoms with van der Waals surface area (Å²) in [6.07, 6.45) is 3.71. The van der Waals surface area contributed by atoms with Crippen molar-refractivity contribution in [1.29, 1.82) is 0 Å². The molecule has 0 aliphatic rings. The zero-order valence-electron chi connectivity index (χ0n) is 13.8. The highest BCUT2D eigenvalue weighted by molar-refractivity contribution is 7.98. The van der Waals surface area contributed by atoms with Crippen LogP contribution in [-0.2, 0) is 6.54 Å². The third-order valence-corrected chi connectivity index (χ3v) is 4.75. The number of thioether (sulfide) groups is 1. The molecule has 0 aliphatic carbocycles. The Labute approximate surface area is 143 Å². The highest BCUT2D eigenvalue weighted by Gasteiger charge is 2.14. The molecule has 0 fully saturated rings. The first-order valence-corrected chi connectivity index (χ1v) is 8.82. The average molecular weight is 343 g/mol. The standard InChI is InChI=1S/C18H18FN3OS/c1-4-22-16-8-17(24-3)21-9-11(16)6-13(18(22)23)12-7-15(20)14(19)5-10(12)2/h5-9H,4,20H2,1-3H3. The van der Waals surface area contributed by atoms with Gasteiger partial charge in [-0.3, -0.25) is 4.79 Å². The summed E-state index contributed by atoms with van der Waals surface area (Å²) in [5, 5.41) is 1.73. The van der Waals surface area contributed by atoms with Gasteiger partial charge in [-0.25, -0.2) is 9.37 Å². The summed E-state index contributed by atoms with van der Waals surface area (Å²) < 4.78 is 15.4. The van der Waals surface area contributed by atoms with Crippen molar-refractivity contribution in [2.24, 2.45) is 0 Å². The number of fused-ring (bicyclic) bond motifs is 1. The van der Waals surface area contributed by atoms with Crippen LogP contribution in [0.2, 0.25) is 0 Å². The second kappa shape index (κ2) is 6.28. The number of benzene rings is 1. The lowest BCUT2D eigenvalue weighted by Gasteiger charge is -2.14. The molecule has 1 aromatic carbocycles. The van der Waals surface area contributed by atoms with E-state index in [0.717, 1.165) is 15.9 Å². The third-order valence-electron chi connectivity index (χ3n) is 4.11. The number of aryl methyl sites for hydroxylation is 2. The molecule has 3 aromatic rings. The molecular weight excluding hydrogens is 325 g/mol. The van der Waals surface area contributed by atoms with Crippen LogP contribution >= 0.6 is 11.8 Å². The highest BCUT2D eigenvalue weighted by Crippen LogP contribution is 2.28. The van der Waals surface area contributed by atoms with Gasteiger partial charge < -0.3 is 10.3 Å². The Morgan fingerprint density at radius 2 is 2.00 bits per heavy atom. The molecule has 0 unspecified atom stereocenters. The van der Waals surface area contributed by atoms with Gasteiger partial charge in [0.1, 0.15) is 5.82 Å². The van der Waals surface area contributed by atoms with Crippen molar-refractivity contribution in [2.45, 2.75) is 25.4 Å². The molecule has 0 amide bonds. The van der Waals surface area contributed by atoms with Crippen molar-refractivity contribution >= 4 is 28.4 Å². The van der Waals surface area contributed by atoms with Crippen LogP contribution in [0.5, 0.6) is 0 Å². The normalized spacial score (nSPS) is 11.2. The molecule has 6 heteroatoms. The number of nitrogens with zero attached hydrogens (tertiary/aromatic N) is 2. The minimum absolute atomic E-state index is 0.0361. The van der Waals surface area contributed by atoms with E-state index in [1.165, 1.54) is 23.9 Å². The van der Waals surface area contributed by atoms with Crippen LogP contribution < -0.4 is 11.3 Å². The molecule has 2 N–H and O–H groups in total. The van der Waals surface area contributed by atoms with Crippen molar-refractivity contribution in [1.82, 2.24) is 9.55 Å². The summed E-state index contributed by atoms with van der Waals surface area (Å²) >= 11 is 1.53. The number of halogens is 1. The molecule has 2 aromatic heterocycles. The van der Waals surface area contributed by atoms with Gasteiger partial charge in [-0.05, 0) is 55.5 Å². The number of aromatic nitrogens is 2. The van der Waals surface area contributed by atoms with Crippen molar-refractivity contribution in [3.63, 3.8) is 0 Å². The molecule has 0 saturated heterocycles. The third kappa shape index (κ3) is 2.67. The first-order chi connectivity index (χ1) is 11.5. The highest BCUT2D eigenvalue weighted by atomic mass is 32.2. The molecule has 124 valence electrons. The second-order valence-electron chi connectivity index (χ2n) is 5.58. The number of hydrogen-bond donors (Lipinski definition) is 1. The maximum Gasteiger partial charge on any atom is 0.258 e. The Hall–Kier alpha value is -2.34. The number of rotatable bonds is 3. The van der Waals surface area contributed by atoms with Crippen LogP contribution in [0, 0.1) is 12.7 Å². The van der Waals surface area contributed by atoms with E-state index in [1.807, 2.05) is 19.2 Å². The molecular formula is C18H18FN3OS. The van der Waals surface area contributed by atoms with Gasteiger partial charge in [0.25, 0.3) is 5.56 Å². The molecule has 0 spiro atoms. The lowest BCUT2D eigenvalue weighted by molar-refractivity contribution is 0.631. The SMILES string of the molecule is CCn1c(=O)c(-c2cc(N)c(F)cc2C)cc2cnc(SC)cc21. The van der Waals surface area contributed by atoms with Crippen molar-refractivity contribution in [2.75, 3.05) is 12.0 Å². The van der Waals surface area contributed by atoms with Gasteiger partial charge in [0.15, 0.2) is 0 Å². The first kappa shape index (κ1) is 16.5. The quantitative estimate of drug-likeness (QED) is 0.580. The van der Waals surface area contributed by atoms with E-state index in [0.29, 0.717) is 23.2 Å².